The topological polar surface area (TPSA) is 76.5 Å². The number of carbonyl (C=O) groups is 2. The van der Waals surface area contributed by atoms with Crippen LogP contribution in [0.2, 0.25) is 5.02 Å². The van der Waals surface area contributed by atoms with E-state index in [0.29, 0.717) is 10.8 Å². The van der Waals surface area contributed by atoms with Crippen LogP contribution in [-0.2, 0) is 0 Å². The predicted octanol–water partition coefficient (Wildman–Crippen LogP) is 5.74. The summed E-state index contributed by atoms with van der Waals surface area (Å²) in [4.78, 5) is 28.0. The number of Topliss-reactive ketones (excluding diaryl/α,β-unsaturated/α-hetero) is 1. The zero-order valence-corrected chi connectivity index (χ0v) is 16.2. The van der Waals surface area contributed by atoms with Gasteiger partial charge in [0.25, 0.3) is 0 Å². The highest BCUT2D eigenvalue weighted by Gasteiger charge is 2.19. The number of carboxylic acids is 1. The van der Waals surface area contributed by atoms with Gasteiger partial charge in [-0.15, -0.1) is 0 Å². The predicted molar refractivity (Wildman–Crippen MR) is 106 cm³/mol. The molecule has 1 aromatic heterocycles. The Morgan fingerprint density at radius 1 is 1.14 bits per heavy atom. The minimum Gasteiger partial charge on any atom is -0.478 e. The number of carbonyl (C=O) groups excluding carboxylic acids is 1. The monoisotopic (exact) mass is 413 g/mol. The molecule has 0 aliphatic rings. The Hall–Kier alpha value is -3.25. The van der Waals surface area contributed by atoms with Gasteiger partial charge in [0.05, 0.1) is 16.1 Å². The first-order valence-electron chi connectivity index (χ1n) is 8.79. The van der Waals surface area contributed by atoms with Crippen LogP contribution in [0.1, 0.15) is 45.5 Å². The molecular formula is C22H17ClFNO4. The summed E-state index contributed by atoms with van der Waals surface area (Å²) in [5, 5.41) is 9.28. The first-order chi connectivity index (χ1) is 13.8. The maximum absolute atomic E-state index is 13.1. The van der Waals surface area contributed by atoms with Gasteiger partial charge in [0.15, 0.2) is 5.78 Å². The number of nitrogens with zero attached hydrogens (tertiary/aromatic N) is 1. The van der Waals surface area contributed by atoms with E-state index < -0.39 is 11.8 Å². The number of carboxylic acid groups (broad SMARTS) is 1. The van der Waals surface area contributed by atoms with Crippen LogP contribution < -0.4 is 4.74 Å². The molecule has 5 nitrogen and oxygen atoms in total. The zero-order valence-electron chi connectivity index (χ0n) is 15.4. The summed E-state index contributed by atoms with van der Waals surface area (Å²) in [6.45, 7) is 1.87. The van der Waals surface area contributed by atoms with Crippen molar-refractivity contribution in [1.82, 2.24) is 4.98 Å². The quantitative estimate of drug-likeness (QED) is 0.500. The van der Waals surface area contributed by atoms with Gasteiger partial charge in [-0.3, -0.25) is 4.79 Å². The van der Waals surface area contributed by atoms with E-state index in [4.69, 9.17) is 21.4 Å². The highest BCUT2D eigenvalue weighted by atomic mass is 35.5. The van der Waals surface area contributed by atoms with E-state index >= 15 is 0 Å². The van der Waals surface area contributed by atoms with Crippen LogP contribution in [0.25, 0.3) is 0 Å². The van der Waals surface area contributed by atoms with E-state index in [1.54, 1.807) is 12.1 Å². The first kappa shape index (κ1) is 20.5. The van der Waals surface area contributed by atoms with Crippen molar-refractivity contribution in [2.24, 2.45) is 0 Å². The third-order valence-electron chi connectivity index (χ3n) is 4.36. The van der Waals surface area contributed by atoms with Gasteiger partial charge in [0.2, 0.25) is 5.88 Å². The van der Waals surface area contributed by atoms with Gasteiger partial charge in [-0.1, -0.05) is 30.7 Å². The summed E-state index contributed by atoms with van der Waals surface area (Å²) in [7, 11) is 0. The number of hydrogen-bond acceptors (Lipinski definition) is 4. The Kier molecular flexibility index (Phi) is 6.24. The van der Waals surface area contributed by atoms with Crippen LogP contribution in [-0.4, -0.2) is 21.8 Å². The molecule has 0 radical (unpaired) electrons. The second kappa shape index (κ2) is 8.84. The molecule has 1 N–H and O–H groups in total. The van der Waals surface area contributed by atoms with Crippen LogP contribution in [0.15, 0.2) is 60.8 Å². The number of benzene rings is 2. The fourth-order valence-corrected chi connectivity index (χ4v) is 2.94. The molecule has 0 amide bonds. The third kappa shape index (κ3) is 5.18. The SMILES string of the molecule is C[C@H](CC(=O)c1cc(Cl)cnc1Oc1ccc(F)cc1)c1ccc(C(=O)O)cc1. The lowest BCUT2D eigenvalue weighted by atomic mass is 9.93. The minimum atomic E-state index is -1.01. The van der Waals surface area contributed by atoms with Crippen molar-refractivity contribution in [3.63, 3.8) is 0 Å². The lowest BCUT2D eigenvalue weighted by molar-refractivity contribution is 0.0696. The Bertz CT molecular complexity index is 1040. The smallest absolute Gasteiger partial charge is 0.335 e. The lowest BCUT2D eigenvalue weighted by Gasteiger charge is -2.14. The van der Waals surface area contributed by atoms with Crippen LogP contribution in [0.3, 0.4) is 0 Å². The van der Waals surface area contributed by atoms with Gasteiger partial charge in [0.1, 0.15) is 11.6 Å². The van der Waals surface area contributed by atoms with Crippen LogP contribution >= 0.6 is 11.6 Å². The fraction of sp³-hybridized carbons (Fsp3) is 0.136. The van der Waals surface area contributed by atoms with E-state index in [1.165, 1.54) is 48.7 Å². The van der Waals surface area contributed by atoms with E-state index in [2.05, 4.69) is 4.98 Å². The van der Waals surface area contributed by atoms with E-state index in [0.717, 1.165) is 5.56 Å². The molecule has 0 aliphatic carbocycles. The maximum atomic E-state index is 13.1. The van der Waals surface area contributed by atoms with Crippen LogP contribution in [0, 0.1) is 5.82 Å². The van der Waals surface area contributed by atoms with Gasteiger partial charge in [-0.25, -0.2) is 14.2 Å². The second-order valence-corrected chi connectivity index (χ2v) is 6.95. The molecular weight excluding hydrogens is 397 g/mol. The number of aromatic carboxylic acids is 1. The Labute approximate surface area is 171 Å². The van der Waals surface area contributed by atoms with Crippen molar-refractivity contribution in [1.29, 1.82) is 0 Å². The normalized spacial score (nSPS) is 11.7. The molecule has 2 aromatic carbocycles. The number of rotatable bonds is 7. The van der Waals surface area contributed by atoms with Gasteiger partial charge in [-0.05, 0) is 53.9 Å². The molecule has 1 atom stereocenters. The largest absolute Gasteiger partial charge is 0.478 e. The molecule has 3 aromatic rings. The number of halogens is 2. The first-order valence-corrected chi connectivity index (χ1v) is 9.16. The highest BCUT2D eigenvalue weighted by molar-refractivity contribution is 6.30. The molecule has 0 aliphatic heterocycles. The average molecular weight is 414 g/mol. The summed E-state index contributed by atoms with van der Waals surface area (Å²) in [5.41, 5.74) is 1.23. The van der Waals surface area contributed by atoms with Crippen molar-refractivity contribution in [2.45, 2.75) is 19.3 Å². The number of hydrogen-bond donors (Lipinski definition) is 1. The molecule has 0 unspecified atom stereocenters. The minimum absolute atomic E-state index is 0.0828. The molecule has 0 bridgehead atoms. The second-order valence-electron chi connectivity index (χ2n) is 6.52. The molecule has 1 heterocycles. The standard InChI is InChI=1S/C22H17ClFNO4/c1-13(14-2-4-15(5-3-14)22(27)28)10-20(26)19-11-16(23)12-25-21(19)29-18-8-6-17(24)7-9-18/h2-9,11-13H,10H2,1H3,(H,27,28)/t13-/m1/s1. The van der Waals surface area contributed by atoms with Gasteiger partial charge < -0.3 is 9.84 Å². The zero-order chi connectivity index (χ0) is 21.0. The maximum Gasteiger partial charge on any atom is 0.335 e. The Morgan fingerprint density at radius 2 is 1.79 bits per heavy atom. The van der Waals surface area contributed by atoms with E-state index in [1.807, 2.05) is 6.92 Å². The summed E-state index contributed by atoms with van der Waals surface area (Å²) >= 11 is 6.01. The van der Waals surface area contributed by atoms with E-state index in [9.17, 15) is 14.0 Å². The van der Waals surface area contributed by atoms with Crippen molar-refractivity contribution in [3.05, 3.63) is 88.3 Å². The van der Waals surface area contributed by atoms with Crippen molar-refractivity contribution in [2.75, 3.05) is 0 Å². The van der Waals surface area contributed by atoms with Gasteiger partial charge >= 0.3 is 5.97 Å². The molecule has 0 saturated heterocycles. The number of ether oxygens (including phenoxy) is 1. The van der Waals surface area contributed by atoms with Gasteiger partial charge in [-0.2, -0.15) is 0 Å². The van der Waals surface area contributed by atoms with Crippen LogP contribution in [0.5, 0.6) is 11.6 Å². The summed E-state index contributed by atoms with van der Waals surface area (Å²) in [6.07, 6.45) is 1.51. The summed E-state index contributed by atoms with van der Waals surface area (Å²) < 4.78 is 18.7. The summed E-state index contributed by atoms with van der Waals surface area (Å²) in [5.74, 6) is -1.38. The third-order valence-corrected chi connectivity index (χ3v) is 4.57. The Morgan fingerprint density at radius 3 is 2.41 bits per heavy atom. The molecule has 3 rings (SSSR count). The van der Waals surface area contributed by atoms with Crippen molar-refractivity contribution in [3.8, 4) is 11.6 Å². The lowest BCUT2D eigenvalue weighted by Crippen LogP contribution is -2.08. The Balaban J connectivity index is 1.79. The van der Waals surface area contributed by atoms with Crippen molar-refractivity contribution < 1.29 is 23.8 Å². The fourth-order valence-electron chi connectivity index (χ4n) is 2.78. The highest BCUT2D eigenvalue weighted by Crippen LogP contribution is 2.29. The average Bonchev–Trinajstić information content (AvgIpc) is 2.71. The van der Waals surface area contributed by atoms with Crippen LogP contribution in [0.4, 0.5) is 4.39 Å². The molecule has 148 valence electrons. The molecule has 7 heteroatoms. The van der Waals surface area contributed by atoms with E-state index in [-0.39, 0.29) is 35.1 Å². The summed E-state index contributed by atoms with van der Waals surface area (Å²) in [6, 6.07) is 13.2. The van der Waals surface area contributed by atoms with Crippen molar-refractivity contribution >= 4 is 23.4 Å². The number of ketones is 1. The molecule has 0 spiro atoms. The molecule has 0 saturated carbocycles. The number of aromatic nitrogens is 1. The molecule has 29 heavy (non-hydrogen) atoms. The van der Waals surface area contributed by atoms with Gasteiger partial charge in [0, 0.05) is 12.6 Å². The molecule has 0 fully saturated rings. The number of pyridine rings is 1.